The minimum Gasteiger partial charge on any atom is -0.480 e. The quantitative estimate of drug-likeness (QED) is 0.612. The number of piperazine rings is 1. The Kier molecular flexibility index (Phi) is 6.72. The van der Waals surface area contributed by atoms with Gasteiger partial charge in [0, 0.05) is 49.9 Å². The Morgan fingerprint density at radius 2 is 1.62 bits per heavy atom. The zero-order valence-electron chi connectivity index (χ0n) is 19.4. The SMILES string of the molecule is O=C(C[C@@H](C(=O)O)N1CCN(c2ccc3c(c2)OCO3)CC1)c1ccc(C2CCCCC2)cc1. The Morgan fingerprint density at radius 3 is 2.32 bits per heavy atom. The molecule has 3 aliphatic rings. The summed E-state index contributed by atoms with van der Waals surface area (Å²) in [7, 11) is 0. The number of hydrogen-bond acceptors (Lipinski definition) is 6. The molecule has 0 unspecified atom stereocenters. The van der Waals surface area contributed by atoms with Gasteiger partial charge in [-0.3, -0.25) is 14.5 Å². The van der Waals surface area contributed by atoms with Gasteiger partial charge in [-0.25, -0.2) is 0 Å². The molecule has 2 aromatic carbocycles. The minimum atomic E-state index is -0.941. The third kappa shape index (κ3) is 4.89. The number of carbonyl (C=O) groups excluding carboxylic acids is 1. The monoisotopic (exact) mass is 464 g/mol. The standard InChI is InChI=1S/C27H32N2O5/c30-24(21-8-6-20(7-9-21)19-4-2-1-3-5-19)17-23(27(31)32)29-14-12-28(13-15-29)22-10-11-25-26(16-22)34-18-33-25/h6-11,16,19,23H,1-5,12-15,17-18H2,(H,31,32)/t23-/m0/s1. The van der Waals surface area contributed by atoms with Gasteiger partial charge in [0.2, 0.25) is 6.79 Å². The van der Waals surface area contributed by atoms with Crippen LogP contribution in [0, 0.1) is 0 Å². The Bertz CT molecular complexity index is 1020. The van der Waals surface area contributed by atoms with Crippen LogP contribution in [0.1, 0.15) is 60.4 Å². The predicted octanol–water partition coefficient (Wildman–Crippen LogP) is 4.31. The van der Waals surface area contributed by atoms with Gasteiger partial charge in [-0.05, 0) is 36.5 Å². The first-order chi connectivity index (χ1) is 16.6. The van der Waals surface area contributed by atoms with Crippen molar-refractivity contribution in [1.29, 1.82) is 0 Å². The van der Waals surface area contributed by atoms with E-state index in [9.17, 15) is 14.7 Å². The highest BCUT2D eigenvalue weighted by Crippen LogP contribution is 2.36. The molecule has 2 aliphatic heterocycles. The minimum absolute atomic E-state index is 0.0118. The van der Waals surface area contributed by atoms with Gasteiger partial charge in [-0.1, -0.05) is 43.5 Å². The van der Waals surface area contributed by atoms with Gasteiger partial charge < -0.3 is 19.5 Å². The summed E-state index contributed by atoms with van der Waals surface area (Å²) >= 11 is 0. The summed E-state index contributed by atoms with van der Waals surface area (Å²) in [6.07, 6.45) is 6.27. The fourth-order valence-electron chi connectivity index (χ4n) is 5.42. The summed E-state index contributed by atoms with van der Waals surface area (Å²) in [6, 6.07) is 12.9. The van der Waals surface area contributed by atoms with E-state index < -0.39 is 12.0 Å². The molecule has 1 saturated heterocycles. The lowest BCUT2D eigenvalue weighted by molar-refractivity contribution is -0.143. The smallest absolute Gasteiger partial charge is 0.321 e. The number of carbonyl (C=O) groups is 2. The van der Waals surface area contributed by atoms with Crippen LogP contribution in [0.5, 0.6) is 11.5 Å². The summed E-state index contributed by atoms with van der Waals surface area (Å²) in [6.45, 7) is 2.78. The first-order valence-electron chi connectivity index (χ1n) is 12.3. The highest BCUT2D eigenvalue weighted by Gasteiger charge is 2.31. The third-order valence-electron chi connectivity index (χ3n) is 7.45. The lowest BCUT2D eigenvalue weighted by Gasteiger charge is -2.38. The van der Waals surface area contributed by atoms with Crippen molar-refractivity contribution in [1.82, 2.24) is 4.90 Å². The van der Waals surface area contributed by atoms with Crippen molar-refractivity contribution in [3.05, 3.63) is 53.6 Å². The van der Waals surface area contributed by atoms with Crippen molar-refractivity contribution in [2.24, 2.45) is 0 Å². The summed E-state index contributed by atoms with van der Waals surface area (Å²) in [5, 5.41) is 9.89. The van der Waals surface area contributed by atoms with Gasteiger partial charge in [0.05, 0.1) is 0 Å². The Labute approximate surface area is 200 Å². The highest BCUT2D eigenvalue weighted by atomic mass is 16.7. The largest absolute Gasteiger partial charge is 0.480 e. The molecule has 0 aromatic heterocycles. The molecule has 7 nitrogen and oxygen atoms in total. The lowest BCUT2D eigenvalue weighted by Crippen LogP contribution is -2.53. The van der Waals surface area contributed by atoms with Gasteiger partial charge in [0.25, 0.3) is 0 Å². The molecule has 0 amide bonds. The predicted molar refractivity (Wildman–Crippen MR) is 129 cm³/mol. The van der Waals surface area contributed by atoms with Crippen molar-refractivity contribution < 1.29 is 24.2 Å². The topological polar surface area (TPSA) is 79.3 Å². The lowest BCUT2D eigenvalue weighted by atomic mass is 9.84. The third-order valence-corrected chi connectivity index (χ3v) is 7.45. The zero-order valence-corrected chi connectivity index (χ0v) is 19.4. The summed E-state index contributed by atoms with van der Waals surface area (Å²) in [5.74, 6) is 1.03. The molecule has 2 fully saturated rings. The summed E-state index contributed by atoms with van der Waals surface area (Å²) < 4.78 is 10.9. The average Bonchev–Trinajstić information content (AvgIpc) is 3.36. The van der Waals surface area contributed by atoms with E-state index in [-0.39, 0.29) is 19.0 Å². The van der Waals surface area contributed by atoms with Crippen molar-refractivity contribution in [3.63, 3.8) is 0 Å². The summed E-state index contributed by atoms with van der Waals surface area (Å²) in [5.41, 5.74) is 2.93. The average molecular weight is 465 g/mol. The van der Waals surface area contributed by atoms with Gasteiger partial charge in [-0.15, -0.1) is 0 Å². The number of hydrogen-bond donors (Lipinski definition) is 1. The molecule has 2 heterocycles. The van der Waals surface area contributed by atoms with Crippen molar-refractivity contribution >= 4 is 17.4 Å². The van der Waals surface area contributed by atoms with Crippen LogP contribution in [-0.2, 0) is 4.79 Å². The van der Waals surface area contributed by atoms with Crippen molar-refractivity contribution in [2.45, 2.75) is 50.5 Å². The molecular weight excluding hydrogens is 432 g/mol. The molecule has 0 bridgehead atoms. The fourth-order valence-corrected chi connectivity index (χ4v) is 5.42. The van der Waals surface area contributed by atoms with E-state index in [0.29, 0.717) is 37.7 Å². The molecule has 2 aromatic rings. The number of Topliss-reactive ketones (excluding diaryl/α,β-unsaturated/α-hetero) is 1. The number of carboxylic acids is 1. The van der Waals surface area contributed by atoms with Gasteiger partial charge in [0.1, 0.15) is 6.04 Å². The molecule has 1 atom stereocenters. The van der Waals surface area contributed by atoms with E-state index in [0.717, 1.165) is 17.2 Å². The van der Waals surface area contributed by atoms with E-state index in [2.05, 4.69) is 17.0 Å². The van der Waals surface area contributed by atoms with Crippen molar-refractivity contribution in [3.8, 4) is 11.5 Å². The number of anilines is 1. The molecule has 1 N–H and O–H groups in total. The number of nitrogens with zero attached hydrogens (tertiary/aromatic N) is 2. The van der Waals surface area contributed by atoms with Crippen LogP contribution in [0.3, 0.4) is 0 Å². The molecule has 34 heavy (non-hydrogen) atoms. The van der Waals surface area contributed by atoms with Gasteiger partial charge >= 0.3 is 5.97 Å². The highest BCUT2D eigenvalue weighted by molar-refractivity contribution is 5.98. The van der Waals surface area contributed by atoms with Crippen molar-refractivity contribution in [2.75, 3.05) is 37.9 Å². The maximum atomic E-state index is 13.0. The number of rotatable bonds is 7. The maximum Gasteiger partial charge on any atom is 0.321 e. The van der Waals surface area contributed by atoms with E-state index in [1.165, 1.54) is 37.7 Å². The Balaban J connectivity index is 1.19. The normalized spacial score (nSPS) is 19.7. The number of aliphatic carboxylic acids is 1. The van der Waals surface area contributed by atoms with Gasteiger partial charge in [0.15, 0.2) is 17.3 Å². The molecular formula is C27H32N2O5. The van der Waals surface area contributed by atoms with Crippen LogP contribution in [0.4, 0.5) is 5.69 Å². The van der Waals surface area contributed by atoms with E-state index >= 15 is 0 Å². The van der Waals surface area contributed by atoms with Crippen LogP contribution < -0.4 is 14.4 Å². The van der Waals surface area contributed by atoms with E-state index in [1.807, 2.05) is 35.2 Å². The van der Waals surface area contributed by atoms with Crippen LogP contribution in [0.2, 0.25) is 0 Å². The van der Waals surface area contributed by atoms with Crippen LogP contribution in [0.15, 0.2) is 42.5 Å². The molecule has 5 rings (SSSR count). The molecule has 0 spiro atoms. The number of benzene rings is 2. The molecule has 1 aliphatic carbocycles. The van der Waals surface area contributed by atoms with Crippen LogP contribution in [0.25, 0.3) is 0 Å². The van der Waals surface area contributed by atoms with Crippen LogP contribution in [-0.4, -0.2) is 60.8 Å². The van der Waals surface area contributed by atoms with Gasteiger partial charge in [-0.2, -0.15) is 0 Å². The maximum absolute atomic E-state index is 13.0. The summed E-state index contributed by atoms with van der Waals surface area (Å²) in [4.78, 5) is 29.2. The zero-order chi connectivity index (χ0) is 23.5. The second kappa shape index (κ2) is 10.1. The Morgan fingerprint density at radius 1 is 0.912 bits per heavy atom. The number of fused-ring (bicyclic) bond motifs is 1. The van der Waals surface area contributed by atoms with E-state index in [1.54, 1.807) is 0 Å². The first-order valence-corrected chi connectivity index (χ1v) is 12.3. The molecule has 7 heteroatoms. The first kappa shape index (κ1) is 22.7. The Hall–Kier alpha value is -3.06. The van der Waals surface area contributed by atoms with E-state index in [4.69, 9.17) is 9.47 Å². The number of carboxylic acid groups (broad SMARTS) is 1. The molecule has 180 valence electrons. The number of ketones is 1. The fraction of sp³-hybridized carbons (Fsp3) is 0.481. The number of ether oxygens (including phenoxy) is 2. The second-order valence-electron chi connectivity index (χ2n) is 9.50. The second-order valence-corrected chi connectivity index (χ2v) is 9.50. The van der Waals surface area contributed by atoms with Crippen LogP contribution >= 0.6 is 0 Å². The molecule has 1 saturated carbocycles. The molecule has 0 radical (unpaired) electrons.